The van der Waals surface area contributed by atoms with Crippen LogP contribution >= 0.6 is 0 Å². The van der Waals surface area contributed by atoms with E-state index in [2.05, 4.69) is 5.10 Å². The summed E-state index contributed by atoms with van der Waals surface area (Å²) in [5, 5.41) is 13.7. The van der Waals surface area contributed by atoms with E-state index in [0.717, 1.165) is 5.76 Å². The van der Waals surface area contributed by atoms with Gasteiger partial charge >= 0.3 is 0 Å². The van der Waals surface area contributed by atoms with E-state index in [1.54, 1.807) is 28.1 Å². The number of aliphatic hydroxyl groups is 1. The quantitative estimate of drug-likeness (QED) is 0.863. The van der Waals surface area contributed by atoms with Crippen LogP contribution in [-0.4, -0.2) is 33.4 Å². The van der Waals surface area contributed by atoms with Crippen LogP contribution in [0.4, 0.5) is 5.82 Å². The summed E-state index contributed by atoms with van der Waals surface area (Å²) in [5.41, 5.74) is 0. The van der Waals surface area contributed by atoms with Gasteiger partial charge in [-0.1, -0.05) is 0 Å². The first-order valence-electron chi connectivity index (χ1n) is 5.76. The van der Waals surface area contributed by atoms with Crippen LogP contribution in [0.3, 0.4) is 0 Å². The van der Waals surface area contributed by atoms with Gasteiger partial charge in [0.15, 0.2) is 0 Å². The van der Waals surface area contributed by atoms with Gasteiger partial charge in [0.2, 0.25) is 5.91 Å². The summed E-state index contributed by atoms with van der Waals surface area (Å²) in [6.45, 7) is 0.790. The highest BCUT2D eigenvalue weighted by molar-refractivity contribution is 5.95. The van der Waals surface area contributed by atoms with Crippen molar-refractivity contribution < 1.29 is 14.3 Å². The topological polar surface area (TPSA) is 71.5 Å². The molecule has 2 aromatic rings. The van der Waals surface area contributed by atoms with Crippen LogP contribution in [0.25, 0.3) is 0 Å². The number of aliphatic hydroxyl groups excluding tert-OH is 1. The lowest BCUT2D eigenvalue weighted by Gasteiger charge is -2.16. The maximum atomic E-state index is 11.7. The van der Waals surface area contributed by atoms with Crippen molar-refractivity contribution >= 4 is 11.7 Å². The van der Waals surface area contributed by atoms with Gasteiger partial charge in [0.1, 0.15) is 18.1 Å². The third-order valence-corrected chi connectivity index (χ3v) is 2.96. The van der Waals surface area contributed by atoms with Gasteiger partial charge in [-0.25, -0.2) is 4.68 Å². The Labute approximate surface area is 103 Å². The number of furan rings is 1. The van der Waals surface area contributed by atoms with Crippen LogP contribution in [0.15, 0.2) is 35.1 Å². The molecule has 1 unspecified atom stereocenters. The third-order valence-electron chi connectivity index (χ3n) is 2.96. The van der Waals surface area contributed by atoms with Crippen LogP contribution in [0.2, 0.25) is 0 Å². The van der Waals surface area contributed by atoms with E-state index in [1.807, 2.05) is 12.1 Å². The molecule has 1 fully saturated rings. The fourth-order valence-corrected chi connectivity index (χ4v) is 2.14. The molecule has 94 valence electrons. The molecule has 1 atom stereocenters. The molecule has 6 nitrogen and oxygen atoms in total. The number of nitrogens with zero attached hydrogens (tertiary/aromatic N) is 3. The smallest absolute Gasteiger partial charge is 0.230 e. The highest BCUT2D eigenvalue weighted by Gasteiger charge is 2.31. The fourth-order valence-electron chi connectivity index (χ4n) is 2.14. The molecule has 3 rings (SSSR count). The minimum atomic E-state index is -0.593. The lowest BCUT2D eigenvalue weighted by Crippen LogP contribution is -2.28. The summed E-state index contributed by atoms with van der Waals surface area (Å²) in [5.74, 6) is 1.38. The van der Waals surface area contributed by atoms with E-state index in [9.17, 15) is 9.90 Å². The monoisotopic (exact) mass is 247 g/mol. The van der Waals surface area contributed by atoms with E-state index in [0.29, 0.717) is 18.9 Å². The Morgan fingerprint density at radius 2 is 2.39 bits per heavy atom. The highest BCUT2D eigenvalue weighted by atomic mass is 16.3. The number of carbonyl (C=O) groups excluding carboxylic acids is 1. The SMILES string of the molecule is O=C1CC(O)CN1c1ccnn1Cc1ccco1. The van der Waals surface area contributed by atoms with Crippen molar-refractivity contribution in [2.24, 2.45) is 0 Å². The number of hydrogen-bond donors (Lipinski definition) is 1. The summed E-state index contributed by atoms with van der Waals surface area (Å²) >= 11 is 0. The van der Waals surface area contributed by atoms with Gasteiger partial charge in [0, 0.05) is 6.07 Å². The molecule has 0 aliphatic carbocycles. The minimum Gasteiger partial charge on any atom is -0.467 e. The Morgan fingerprint density at radius 1 is 1.50 bits per heavy atom. The van der Waals surface area contributed by atoms with E-state index >= 15 is 0 Å². The van der Waals surface area contributed by atoms with Crippen LogP contribution in [0.1, 0.15) is 12.2 Å². The van der Waals surface area contributed by atoms with Gasteiger partial charge < -0.3 is 9.52 Å². The summed E-state index contributed by atoms with van der Waals surface area (Å²) in [7, 11) is 0. The van der Waals surface area contributed by atoms with E-state index in [4.69, 9.17) is 4.42 Å². The number of anilines is 1. The molecule has 1 saturated heterocycles. The zero-order chi connectivity index (χ0) is 12.5. The van der Waals surface area contributed by atoms with Gasteiger partial charge in [-0.15, -0.1) is 0 Å². The Balaban J connectivity index is 1.85. The fraction of sp³-hybridized carbons (Fsp3) is 0.333. The first-order chi connectivity index (χ1) is 8.74. The van der Waals surface area contributed by atoms with Crippen molar-refractivity contribution in [3.05, 3.63) is 36.4 Å². The van der Waals surface area contributed by atoms with Crippen molar-refractivity contribution in [1.29, 1.82) is 0 Å². The number of carbonyl (C=O) groups is 1. The molecule has 3 heterocycles. The predicted molar refractivity (Wildman–Crippen MR) is 63.0 cm³/mol. The van der Waals surface area contributed by atoms with Crippen molar-refractivity contribution in [2.75, 3.05) is 11.4 Å². The standard InChI is InChI=1S/C12H13N3O3/c16-9-6-12(17)14(7-9)11-3-4-13-15(11)8-10-2-1-5-18-10/h1-5,9,16H,6-8H2. The zero-order valence-electron chi connectivity index (χ0n) is 9.69. The molecular formula is C12H13N3O3. The summed E-state index contributed by atoms with van der Waals surface area (Å²) in [4.78, 5) is 13.3. The molecule has 0 bridgehead atoms. The molecule has 0 spiro atoms. The lowest BCUT2D eigenvalue weighted by atomic mass is 10.3. The summed E-state index contributed by atoms with van der Waals surface area (Å²) < 4.78 is 6.95. The second-order valence-electron chi connectivity index (χ2n) is 4.29. The molecule has 6 heteroatoms. The predicted octanol–water partition coefficient (Wildman–Crippen LogP) is 0.622. The zero-order valence-corrected chi connectivity index (χ0v) is 9.69. The molecule has 1 aliphatic rings. The number of rotatable bonds is 3. The number of aromatic nitrogens is 2. The Kier molecular flexibility index (Phi) is 2.64. The Hall–Kier alpha value is -2.08. The number of β-amino-alcohol motifs (C(OH)–C–C–N with tert-alkyl or cyclic N) is 1. The third kappa shape index (κ3) is 1.91. The van der Waals surface area contributed by atoms with Crippen molar-refractivity contribution in [3.63, 3.8) is 0 Å². The molecule has 18 heavy (non-hydrogen) atoms. The minimum absolute atomic E-state index is 0.0799. The van der Waals surface area contributed by atoms with E-state index < -0.39 is 6.10 Å². The number of hydrogen-bond acceptors (Lipinski definition) is 4. The molecule has 2 aromatic heterocycles. The largest absolute Gasteiger partial charge is 0.467 e. The van der Waals surface area contributed by atoms with Crippen LogP contribution < -0.4 is 4.90 Å². The van der Waals surface area contributed by atoms with Gasteiger partial charge in [0.05, 0.1) is 31.5 Å². The maximum Gasteiger partial charge on any atom is 0.230 e. The van der Waals surface area contributed by atoms with Gasteiger partial charge in [0.25, 0.3) is 0 Å². The van der Waals surface area contributed by atoms with Crippen LogP contribution in [-0.2, 0) is 11.3 Å². The average Bonchev–Trinajstić information content (AvgIpc) is 3.02. The number of amides is 1. The first kappa shape index (κ1) is 11.0. The van der Waals surface area contributed by atoms with Crippen molar-refractivity contribution in [1.82, 2.24) is 9.78 Å². The molecule has 1 N–H and O–H groups in total. The van der Waals surface area contributed by atoms with Gasteiger partial charge in [-0.3, -0.25) is 9.69 Å². The molecular weight excluding hydrogens is 234 g/mol. The lowest BCUT2D eigenvalue weighted by molar-refractivity contribution is -0.117. The average molecular weight is 247 g/mol. The Morgan fingerprint density at radius 3 is 3.06 bits per heavy atom. The van der Waals surface area contributed by atoms with Crippen LogP contribution in [0.5, 0.6) is 0 Å². The molecule has 1 amide bonds. The molecule has 1 aliphatic heterocycles. The molecule has 0 saturated carbocycles. The summed E-state index contributed by atoms with van der Waals surface area (Å²) in [6, 6.07) is 5.42. The second-order valence-corrected chi connectivity index (χ2v) is 4.29. The van der Waals surface area contributed by atoms with Gasteiger partial charge in [-0.2, -0.15) is 5.10 Å². The van der Waals surface area contributed by atoms with E-state index in [1.165, 1.54) is 0 Å². The molecule has 0 aromatic carbocycles. The second kappa shape index (κ2) is 4.30. The Bertz CT molecular complexity index is 547. The highest BCUT2D eigenvalue weighted by Crippen LogP contribution is 2.22. The molecule has 0 radical (unpaired) electrons. The first-order valence-corrected chi connectivity index (χ1v) is 5.76. The maximum absolute atomic E-state index is 11.7. The van der Waals surface area contributed by atoms with Crippen LogP contribution in [0, 0.1) is 0 Å². The normalized spacial score (nSPS) is 19.7. The van der Waals surface area contributed by atoms with E-state index in [-0.39, 0.29) is 12.3 Å². The summed E-state index contributed by atoms with van der Waals surface area (Å²) in [6.07, 6.45) is 2.82. The van der Waals surface area contributed by atoms with Crippen molar-refractivity contribution in [3.8, 4) is 0 Å². The van der Waals surface area contributed by atoms with Gasteiger partial charge in [-0.05, 0) is 12.1 Å². The van der Waals surface area contributed by atoms with Crippen molar-refractivity contribution in [2.45, 2.75) is 19.1 Å².